The van der Waals surface area contributed by atoms with Crippen LogP contribution in [0.25, 0.3) is 0 Å². The van der Waals surface area contributed by atoms with E-state index >= 15 is 0 Å². The van der Waals surface area contributed by atoms with E-state index in [1.165, 1.54) is 11.1 Å². The van der Waals surface area contributed by atoms with E-state index in [1.807, 2.05) is 22.4 Å². The van der Waals surface area contributed by atoms with Crippen LogP contribution in [0.3, 0.4) is 0 Å². The van der Waals surface area contributed by atoms with Gasteiger partial charge >= 0.3 is 0 Å². The highest BCUT2D eigenvalue weighted by Crippen LogP contribution is 2.31. The van der Waals surface area contributed by atoms with E-state index in [0.29, 0.717) is 23.2 Å². The lowest BCUT2D eigenvalue weighted by Crippen LogP contribution is -2.32. The van der Waals surface area contributed by atoms with Crippen molar-refractivity contribution in [3.05, 3.63) is 45.2 Å². The van der Waals surface area contributed by atoms with Crippen LogP contribution in [0.2, 0.25) is 5.02 Å². The van der Waals surface area contributed by atoms with E-state index < -0.39 is 0 Å². The van der Waals surface area contributed by atoms with Crippen LogP contribution in [-0.2, 0) is 6.54 Å². The van der Waals surface area contributed by atoms with Crippen LogP contribution in [-0.4, -0.2) is 21.8 Å². The molecule has 1 aliphatic rings. The van der Waals surface area contributed by atoms with Crippen LogP contribution < -0.4 is 5.73 Å². The lowest BCUT2D eigenvalue weighted by Gasteiger charge is -2.21. The summed E-state index contributed by atoms with van der Waals surface area (Å²) in [4.78, 5) is 19.6. The first kappa shape index (κ1) is 13.4. The molecule has 4 nitrogen and oxygen atoms in total. The number of carbonyl (C=O) groups excluding carboxylic acids is 1. The first-order chi connectivity index (χ1) is 9.65. The maximum atomic E-state index is 12.6. The minimum Gasteiger partial charge on any atom is -0.382 e. The van der Waals surface area contributed by atoms with Crippen LogP contribution in [0.4, 0.5) is 5.82 Å². The Bertz CT molecular complexity index is 625. The third-order valence-electron chi connectivity index (χ3n) is 3.27. The first-order valence-electron chi connectivity index (χ1n) is 6.39. The number of anilines is 1. The topological polar surface area (TPSA) is 59.2 Å². The molecule has 0 aromatic carbocycles. The number of thiophene rings is 1. The van der Waals surface area contributed by atoms with E-state index in [-0.39, 0.29) is 11.7 Å². The lowest BCUT2D eigenvalue weighted by atomic mass is 10.2. The van der Waals surface area contributed by atoms with Crippen LogP contribution in [0.15, 0.2) is 29.8 Å². The van der Waals surface area contributed by atoms with Crippen molar-refractivity contribution >= 4 is 34.7 Å². The van der Waals surface area contributed by atoms with Gasteiger partial charge in [0.1, 0.15) is 5.82 Å². The Morgan fingerprint density at radius 2 is 2.35 bits per heavy atom. The van der Waals surface area contributed by atoms with E-state index in [4.69, 9.17) is 17.3 Å². The fraction of sp³-hybridized carbons (Fsp3) is 0.286. The Kier molecular flexibility index (Phi) is 3.63. The van der Waals surface area contributed by atoms with Crippen molar-refractivity contribution in [1.29, 1.82) is 0 Å². The standard InChI is InChI=1S/C14H14ClN3OS/c15-12-6-9(7-17-13(12)16)14(19)18(10-3-4-10)8-11-2-1-5-20-11/h1-2,5-7,10H,3-4,8H2,(H2,16,17). The van der Waals surface area contributed by atoms with E-state index in [0.717, 1.165) is 12.8 Å². The molecular formula is C14H14ClN3OS. The van der Waals surface area contributed by atoms with Gasteiger partial charge in [-0.1, -0.05) is 17.7 Å². The molecule has 20 heavy (non-hydrogen) atoms. The molecule has 2 heterocycles. The number of carbonyl (C=O) groups is 1. The molecule has 3 rings (SSSR count). The maximum absolute atomic E-state index is 12.6. The summed E-state index contributed by atoms with van der Waals surface area (Å²) in [5.74, 6) is 0.217. The Hall–Kier alpha value is -1.59. The molecule has 0 radical (unpaired) electrons. The van der Waals surface area contributed by atoms with Crippen LogP contribution in [0.5, 0.6) is 0 Å². The minimum absolute atomic E-state index is 0.0321. The van der Waals surface area contributed by atoms with Crippen molar-refractivity contribution in [2.45, 2.75) is 25.4 Å². The van der Waals surface area contributed by atoms with E-state index in [9.17, 15) is 4.79 Å². The number of nitrogen functional groups attached to an aromatic ring is 1. The Morgan fingerprint density at radius 3 is 2.95 bits per heavy atom. The average molecular weight is 308 g/mol. The molecule has 0 unspecified atom stereocenters. The average Bonchev–Trinajstić information content (AvgIpc) is 3.15. The molecule has 6 heteroatoms. The predicted octanol–water partition coefficient (Wildman–Crippen LogP) is 3.18. The maximum Gasteiger partial charge on any atom is 0.256 e. The van der Waals surface area contributed by atoms with Gasteiger partial charge < -0.3 is 10.6 Å². The zero-order valence-electron chi connectivity index (χ0n) is 10.8. The van der Waals surface area contributed by atoms with Gasteiger partial charge in [0.05, 0.1) is 17.1 Å². The molecule has 0 aliphatic heterocycles. The normalized spacial score (nSPS) is 14.2. The molecular weight excluding hydrogens is 294 g/mol. The third-order valence-corrected chi connectivity index (χ3v) is 4.44. The summed E-state index contributed by atoms with van der Waals surface area (Å²) in [7, 11) is 0. The largest absolute Gasteiger partial charge is 0.382 e. The molecule has 1 amide bonds. The third kappa shape index (κ3) is 2.78. The van der Waals surface area contributed by atoms with Gasteiger partial charge in [-0.3, -0.25) is 4.79 Å². The smallest absolute Gasteiger partial charge is 0.256 e. The highest BCUT2D eigenvalue weighted by molar-refractivity contribution is 7.09. The Morgan fingerprint density at radius 1 is 1.55 bits per heavy atom. The number of aromatic nitrogens is 1. The number of hydrogen-bond acceptors (Lipinski definition) is 4. The number of halogens is 1. The second kappa shape index (κ2) is 5.42. The highest BCUT2D eigenvalue weighted by Gasteiger charge is 2.33. The summed E-state index contributed by atoms with van der Waals surface area (Å²) in [6.07, 6.45) is 3.62. The van der Waals surface area contributed by atoms with Gasteiger partial charge in [0.15, 0.2) is 0 Å². The van der Waals surface area contributed by atoms with Gasteiger partial charge in [0.25, 0.3) is 5.91 Å². The monoisotopic (exact) mass is 307 g/mol. The number of hydrogen-bond donors (Lipinski definition) is 1. The zero-order chi connectivity index (χ0) is 14.1. The molecule has 2 N–H and O–H groups in total. The molecule has 2 aromatic heterocycles. The molecule has 1 fully saturated rings. The molecule has 2 aromatic rings. The number of rotatable bonds is 4. The highest BCUT2D eigenvalue weighted by atomic mass is 35.5. The summed E-state index contributed by atoms with van der Waals surface area (Å²) in [5.41, 5.74) is 6.07. The summed E-state index contributed by atoms with van der Waals surface area (Å²) in [6.45, 7) is 0.642. The molecule has 0 atom stereocenters. The van der Waals surface area contributed by atoms with Crippen molar-refractivity contribution in [3.8, 4) is 0 Å². The fourth-order valence-corrected chi connectivity index (χ4v) is 2.92. The van der Waals surface area contributed by atoms with Crippen molar-refractivity contribution in [1.82, 2.24) is 9.88 Å². The minimum atomic E-state index is -0.0321. The molecule has 1 saturated carbocycles. The summed E-state index contributed by atoms with van der Waals surface area (Å²) in [5, 5.41) is 2.34. The Balaban J connectivity index is 1.83. The summed E-state index contributed by atoms with van der Waals surface area (Å²) < 4.78 is 0. The SMILES string of the molecule is Nc1ncc(C(=O)N(Cc2cccs2)C2CC2)cc1Cl. The van der Waals surface area contributed by atoms with Crippen LogP contribution in [0.1, 0.15) is 28.1 Å². The van der Waals surface area contributed by atoms with Crippen LogP contribution >= 0.6 is 22.9 Å². The second-order valence-electron chi connectivity index (χ2n) is 4.83. The van der Waals surface area contributed by atoms with Gasteiger partial charge in [-0.15, -0.1) is 11.3 Å². The second-order valence-corrected chi connectivity index (χ2v) is 6.27. The zero-order valence-corrected chi connectivity index (χ0v) is 12.3. The summed E-state index contributed by atoms with van der Waals surface area (Å²) in [6, 6.07) is 5.97. The van der Waals surface area contributed by atoms with Gasteiger partial charge in [0, 0.05) is 17.1 Å². The molecule has 0 bridgehead atoms. The van der Waals surface area contributed by atoms with Gasteiger partial charge in [-0.25, -0.2) is 4.98 Å². The van der Waals surface area contributed by atoms with Crippen molar-refractivity contribution in [2.24, 2.45) is 0 Å². The quantitative estimate of drug-likeness (QED) is 0.943. The molecule has 1 aliphatic carbocycles. The Labute approximate surface area is 126 Å². The number of pyridine rings is 1. The first-order valence-corrected chi connectivity index (χ1v) is 7.65. The van der Waals surface area contributed by atoms with Gasteiger partial charge in [0.2, 0.25) is 0 Å². The van der Waals surface area contributed by atoms with Gasteiger partial charge in [-0.05, 0) is 30.4 Å². The molecule has 0 saturated heterocycles. The van der Waals surface area contributed by atoms with E-state index in [2.05, 4.69) is 4.98 Å². The fourth-order valence-electron chi connectivity index (χ4n) is 2.05. The van der Waals surface area contributed by atoms with E-state index in [1.54, 1.807) is 17.4 Å². The van der Waals surface area contributed by atoms with Crippen molar-refractivity contribution in [2.75, 3.05) is 5.73 Å². The summed E-state index contributed by atoms with van der Waals surface area (Å²) >= 11 is 7.60. The van der Waals surface area contributed by atoms with Gasteiger partial charge in [-0.2, -0.15) is 0 Å². The number of nitrogens with two attached hydrogens (primary N) is 1. The molecule has 104 valence electrons. The molecule has 0 spiro atoms. The van der Waals surface area contributed by atoms with Crippen molar-refractivity contribution < 1.29 is 4.79 Å². The number of amides is 1. The number of nitrogens with zero attached hydrogens (tertiary/aromatic N) is 2. The van der Waals surface area contributed by atoms with Crippen molar-refractivity contribution in [3.63, 3.8) is 0 Å². The van der Waals surface area contributed by atoms with Crippen LogP contribution in [0, 0.1) is 0 Å². The predicted molar refractivity (Wildman–Crippen MR) is 80.9 cm³/mol. The lowest BCUT2D eigenvalue weighted by molar-refractivity contribution is 0.0731.